The molecule has 1 atom stereocenters. The molecule has 1 aliphatic rings. The van der Waals surface area contributed by atoms with E-state index in [4.69, 9.17) is 5.73 Å². The highest BCUT2D eigenvalue weighted by Gasteiger charge is 2.25. The van der Waals surface area contributed by atoms with Gasteiger partial charge < -0.3 is 11.1 Å². The number of rotatable bonds is 5. The van der Waals surface area contributed by atoms with E-state index in [9.17, 15) is 9.59 Å². The number of carbonyl (C=O) groups is 2. The summed E-state index contributed by atoms with van der Waals surface area (Å²) in [6, 6.07) is 7.23. The minimum absolute atomic E-state index is 0.0212. The molecule has 2 amide bonds. The predicted molar refractivity (Wildman–Crippen MR) is 82.6 cm³/mol. The number of benzene rings is 1. The highest BCUT2D eigenvalue weighted by molar-refractivity contribution is 5.87. The van der Waals surface area contributed by atoms with E-state index < -0.39 is 11.9 Å². The van der Waals surface area contributed by atoms with Gasteiger partial charge in [-0.15, -0.1) is 0 Å². The Morgan fingerprint density at radius 1 is 1.24 bits per heavy atom. The number of carbonyl (C=O) groups excluding carboxylic acids is 2. The summed E-state index contributed by atoms with van der Waals surface area (Å²) in [5.41, 5.74) is 7.61. The number of amides is 2. The molecule has 0 spiro atoms. The molecular weight excluding hydrogens is 264 g/mol. The summed E-state index contributed by atoms with van der Waals surface area (Å²) in [4.78, 5) is 23.9. The number of nitrogens with one attached hydrogen (secondary N) is 1. The van der Waals surface area contributed by atoms with Crippen molar-refractivity contribution in [3.05, 3.63) is 35.4 Å². The van der Waals surface area contributed by atoms with Crippen molar-refractivity contribution in [1.82, 2.24) is 5.32 Å². The minimum atomic E-state index is -0.625. The van der Waals surface area contributed by atoms with Gasteiger partial charge in [0.25, 0.3) is 0 Å². The molecule has 4 heteroatoms. The van der Waals surface area contributed by atoms with Crippen molar-refractivity contribution in [1.29, 1.82) is 0 Å². The summed E-state index contributed by atoms with van der Waals surface area (Å²) in [6.07, 6.45) is 5.68. The van der Waals surface area contributed by atoms with Crippen LogP contribution in [0.3, 0.4) is 0 Å². The lowest BCUT2D eigenvalue weighted by Gasteiger charge is -2.24. The molecule has 3 N–H and O–H groups in total. The topological polar surface area (TPSA) is 72.2 Å². The third-order valence-electron chi connectivity index (χ3n) is 4.32. The van der Waals surface area contributed by atoms with Crippen LogP contribution in [0.1, 0.15) is 43.2 Å². The van der Waals surface area contributed by atoms with Crippen LogP contribution < -0.4 is 11.1 Å². The fourth-order valence-electron chi connectivity index (χ4n) is 2.94. The molecule has 114 valence electrons. The van der Waals surface area contributed by atoms with Gasteiger partial charge in [0.2, 0.25) is 11.8 Å². The van der Waals surface area contributed by atoms with E-state index >= 15 is 0 Å². The molecule has 0 bridgehead atoms. The molecule has 1 aliphatic carbocycles. The van der Waals surface area contributed by atoms with Gasteiger partial charge in [0, 0.05) is 12.3 Å². The third-order valence-corrected chi connectivity index (χ3v) is 4.32. The standard InChI is InChI=1S/C17H24N2O2/c1-12-7-5-6-10-14(12)11-15(16(18)20)19-17(21)13-8-3-2-4-9-13/h5-7,10,13,15H,2-4,8-9,11H2,1H3,(H2,18,20)(H,19,21)/t15-/m0/s1. The lowest BCUT2D eigenvalue weighted by Crippen LogP contribution is -2.48. The summed E-state index contributed by atoms with van der Waals surface area (Å²) in [5, 5.41) is 2.85. The Bertz CT molecular complexity index is 507. The molecule has 0 aromatic heterocycles. The Hall–Kier alpha value is -1.84. The Morgan fingerprint density at radius 2 is 1.90 bits per heavy atom. The Morgan fingerprint density at radius 3 is 2.52 bits per heavy atom. The Balaban J connectivity index is 2.00. The van der Waals surface area contributed by atoms with E-state index in [2.05, 4.69) is 5.32 Å². The summed E-state index contributed by atoms with van der Waals surface area (Å²) in [5.74, 6) is -0.452. The first-order chi connectivity index (χ1) is 10.1. The average Bonchev–Trinajstić information content (AvgIpc) is 2.49. The lowest BCUT2D eigenvalue weighted by atomic mass is 9.88. The molecule has 0 heterocycles. The summed E-state index contributed by atoms with van der Waals surface area (Å²) in [7, 11) is 0. The molecule has 0 saturated heterocycles. The molecule has 0 radical (unpaired) electrons. The van der Waals surface area contributed by atoms with Gasteiger partial charge in [0.1, 0.15) is 6.04 Å². The Labute approximate surface area is 126 Å². The smallest absolute Gasteiger partial charge is 0.240 e. The quantitative estimate of drug-likeness (QED) is 0.870. The van der Waals surface area contributed by atoms with E-state index in [0.717, 1.165) is 36.8 Å². The SMILES string of the molecule is Cc1ccccc1C[C@H](NC(=O)C1CCCCC1)C(N)=O. The maximum absolute atomic E-state index is 12.3. The van der Waals surface area contributed by atoms with E-state index in [0.29, 0.717) is 6.42 Å². The molecule has 1 aromatic rings. The molecule has 1 fully saturated rings. The molecule has 21 heavy (non-hydrogen) atoms. The van der Waals surface area contributed by atoms with Crippen LogP contribution in [0.5, 0.6) is 0 Å². The zero-order valence-corrected chi connectivity index (χ0v) is 12.6. The van der Waals surface area contributed by atoms with Gasteiger partial charge in [-0.2, -0.15) is 0 Å². The highest BCUT2D eigenvalue weighted by Crippen LogP contribution is 2.23. The zero-order chi connectivity index (χ0) is 15.2. The second kappa shape index (κ2) is 7.25. The number of primary amides is 1. The van der Waals surface area contributed by atoms with E-state index in [1.165, 1.54) is 6.42 Å². The zero-order valence-electron chi connectivity index (χ0n) is 12.6. The highest BCUT2D eigenvalue weighted by atomic mass is 16.2. The van der Waals surface area contributed by atoms with Crippen LogP contribution in [0.25, 0.3) is 0 Å². The predicted octanol–water partition coefficient (Wildman–Crippen LogP) is 2.09. The molecule has 0 unspecified atom stereocenters. The lowest BCUT2D eigenvalue weighted by molar-refractivity contribution is -0.130. The largest absolute Gasteiger partial charge is 0.368 e. The Kier molecular flexibility index (Phi) is 5.37. The summed E-state index contributed by atoms with van der Waals surface area (Å²) < 4.78 is 0. The molecule has 1 saturated carbocycles. The van der Waals surface area contributed by atoms with Crippen LogP contribution in [0, 0.1) is 12.8 Å². The van der Waals surface area contributed by atoms with E-state index in [1.54, 1.807) is 0 Å². The molecule has 4 nitrogen and oxygen atoms in total. The second-order valence-corrected chi connectivity index (χ2v) is 5.93. The van der Waals surface area contributed by atoms with Crippen molar-refractivity contribution in [3.63, 3.8) is 0 Å². The monoisotopic (exact) mass is 288 g/mol. The molecule has 2 rings (SSSR count). The van der Waals surface area contributed by atoms with Gasteiger partial charge in [-0.25, -0.2) is 0 Å². The van der Waals surface area contributed by atoms with Crippen LogP contribution in [0.4, 0.5) is 0 Å². The fraction of sp³-hybridized carbons (Fsp3) is 0.529. The van der Waals surface area contributed by atoms with Crippen LogP contribution in [-0.2, 0) is 16.0 Å². The average molecular weight is 288 g/mol. The van der Waals surface area contributed by atoms with Crippen LogP contribution >= 0.6 is 0 Å². The van der Waals surface area contributed by atoms with E-state index in [1.807, 2.05) is 31.2 Å². The maximum Gasteiger partial charge on any atom is 0.240 e. The molecule has 1 aromatic carbocycles. The first kappa shape index (κ1) is 15.5. The van der Waals surface area contributed by atoms with Gasteiger partial charge in [0.15, 0.2) is 0 Å². The van der Waals surface area contributed by atoms with Gasteiger partial charge in [-0.05, 0) is 30.9 Å². The second-order valence-electron chi connectivity index (χ2n) is 5.93. The minimum Gasteiger partial charge on any atom is -0.368 e. The van der Waals surface area contributed by atoms with Crippen molar-refractivity contribution in [2.75, 3.05) is 0 Å². The van der Waals surface area contributed by atoms with Crippen molar-refractivity contribution in [3.8, 4) is 0 Å². The third kappa shape index (κ3) is 4.31. The van der Waals surface area contributed by atoms with Crippen molar-refractivity contribution >= 4 is 11.8 Å². The van der Waals surface area contributed by atoms with Gasteiger partial charge in [-0.1, -0.05) is 43.5 Å². The van der Waals surface area contributed by atoms with Gasteiger partial charge >= 0.3 is 0 Å². The van der Waals surface area contributed by atoms with Crippen LogP contribution in [0.15, 0.2) is 24.3 Å². The van der Waals surface area contributed by atoms with Gasteiger partial charge in [0.05, 0.1) is 0 Å². The van der Waals surface area contributed by atoms with E-state index in [-0.39, 0.29) is 11.8 Å². The number of aryl methyl sites for hydroxylation is 1. The molecular formula is C17H24N2O2. The molecule has 0 aliphatic heterocycles. The number of nitrogens with two attached hydrogens (primary N) is 1. The van der Waals surface area contributed by atoms with Gasteiger partial charge in [-0.3, -0.25) is 9.59 Å². The number of hydrogen-bond acceptors (Lipinski definition) is 2. The van der Waals surface area contributed by atoms with Crippen LogP contribution in [-0.4, -0.2) is 17.9 Å². The van der Waals surface area contributed by atoms with Crippen molar-refractivity contribution in [2.24, 2.45) is 11.7 Å². The number of hydrogen-bond donors (Lipinski definition) is 2. The maximum atomic E-state index is 12.3. The first-order valence-corrected chi connectivity index (χ1v) is 7.72. The summed E-state index contributed by atoms with van der Waals surface area (Å²) >= 11 is 0. The van der Waals surface area contributed by atoms with Crippen LogP contribution in [0.2, 0.25) is 0 Å². The summed E-state index contributed by atoms with van der Waals surface area (Å²) in [6.45, 7) is 2.00. The normalized spacial score (nSPS) is 17.2. The van der Waals surface area contributed by atoms with Crippen molar-refractivity contribution < 1.29 is 9.59 Å². The van der Waals surface area contributed by atoms with Crippen molar-refractivity contribution in [2.45, 2.75) is 51.5 Å². The fourth-order valence-corrected chi connectivity index (χ4v) is 2.94. The first-order valence-electron chi connectivity index (χ1n) is 7.72.